The van der Waals surface area contributed by atoms with E-state index in [1.165, 1.54) is 5.56 Å². The Labute approximate surface area is 169 Å². The van der Waals surface area contributed by atoms with Gasteiger partial charge >= 0.3 is 0 Å². The molecule has 0 N–H and O–H groups in total. The van der Waals surface area contributed by atoms with Crippen molar-refractivity contribution in [2.45, 2.75) is 45.4 Å². The number of Topliss-reactive ketones (excluding diaryl/α,β-unsaturated/α-hetero) is 1. The molecule has 0 spiro atoms. The fraction of sp³-hybridized carbons (Fsp3) is 0.333. The maximum Gasteiger partial charge on any atom is 0.232 e. The van der Waals surface area contributed by atoms with Crippen LogP contribution >= 0.6 is 0 Å². The summed E-state index contributed by atoms with van der Waals surface area (Å²) in [6.45, 7) is 4.31. The number of rotatable bonds is 2. The molecular formula is C24H23NO4. The third-order valence-electron chi connectivity index (χ3n) is 6.22. The summed E-state index contributed by atoms with van der Waals surface area (Å²) in [5.74, 6) is 1.33. The van der Waals surface area contributed by atoms with Gasteiger partial charge in [-0.3, -0.25) is 14.5 Å². The number of anilines is 1. The summed E-state index contributed by atoms with van der Waals surface area (Å²) < 4.78 is 10.9. The van der Waals surface area contributed by atoms with Crippen molar-refractivity contribution in [3.63, 3.8) is 0 Å². The van der Waals surface area contributed by atoms with Crippen LogP contribution in [0.25, 0.3) is 0 Å². The van der Waals surface area contributed by atoms with Gasteiger partial charge in [0.05, 0.1) is 0 Å². The van der Waals surface area contributed by atoms with Crippen LogP contribution in [-0.4, -0.2) is 18.5 Å². The quantitative estimate of drug-likeness (QED) is 0.756. The normalized spacial score (nSPS) is 20.9. The Kier molecular flexibility index (Phi) is 4.19. The zero-order chi connectivity index (χ0) is 20.1. The predicted octanol–water partition coefficient (Wildman–Crippen LogP) is 4.56. The van der Waals surface area contributed by atoms with Gasteiger partial charge in [0.2, 0.25) is 12.7 Å². The van der Waals surface area contributed by atoms with E-state index in [2.05, 4.69) is 6.92 Å². The first-order valence-corrected chi connectivity index (χ1v) is 10.1. The van der Waals surface area contributed by atoms with E-state index in [0.29, 0.717) is 17.9 Å². The molecule has 0 bridgehead atoms. The molecule has 2 aromatic rings. The largest absolute Gasteiger partial charge is 0.454 e. The molecule has 0 fully saturated rings. The van der Waals surface area contributed by atoms with Gasteiger partial charge in [-0.05, 0) is 67.6 Å². The standard InChI is InChI=1S/C24H23NO4/c1-14-6-8-17(10-15(14)2)25-19-4-3-5-20(26)24(19)18(12-23(25)27)16-7-9-21-22(11-16)29-13-28-21/h6-11,18H,3-5,12-13H2,1-2H3. The molecule has 148 valence electrons. The highest BCUT2D eigenvalue weighted by Crippen LogP contribution is 2.45. The second kappa shape index (κ2) is 6.76. The number of aryl methyl sites for hydroxylation is 2. The SMILES string of the molecule is Cc1ccc(N2C(=O)CC(c3ccc4c(c3)OCO4)C3=C2CCCC3=O)cc1C. The van der Waals surface area contributed by atoms with Crippen LogP contribution in [0.2, 0.25) is 0 Å². The average Bonchev–Trinajstić information content (AvgIpc) is 3.17. The van der Waals surface area contributed by atoms with Crippen molar-refractivity contribution in [3.05, 3.63) is 64.4 Å². The minimum Gasteiger partial charge on any atom is -0.454 e. The first kappa shape index (κ1) is 18.0. The maximum atomic E-state index is 13.3. The monoisotopic (exact) mass is 389 g/mol. The molecule has 29 heavy (non-hydrogen) atoms. The smallest absolute Gasteiger partial charge is 0.232 e. The van der Waals surface area contributed by atoms with Gasteiger partial charge in [-0.15, -0.1) is 0 Å². The van der Waals surface area contributed by atoms with Gasteiger partial charge in [-0.2, -0.15) is 0 Å². The van der Waals surface area contributed by atoms with Gasteiger partial charge < -0.3 is 9.47 Å². The van der Waals surface area contributed by atoms with Crippen LogP contribution in [0.3, 0.4) is 0 Å². The fourth-order valence-corrected chi connectivity index (χ4v) is 4.57. The number of ketones is 1. The zero-order valence-corrected chi connectivity index (χ0v) is 16.7. The number of carbonyl (C=O) groups excluding carboxylic acids is 2. The van der Waals surface area contributed by atoms with E-state index in [9.17, 15) is 9.59 Å². The number of allylic oxidation sites excluding steroid dienone is 2. The predicted molar refractivity (Wildman–Crippen MR) is 109 cm³/mol. The molecule has 2 aromatic carbocycles. The lowest BCUT2D eigenvalue weighted by atomic mass is 9.77. The molecule has 0 radical (unpaired) electrons. The summed E-state index contributed by atoms with van der Waals surface area (Å²) in [5.41, 5.74) is 5.76. The van der Waals surface area contributed by atoms with Crippen LogP contribution < -0.4 is 14.4 Å². The lowest BCUT2D eigenvalue weighted by Gasteiger charge is -2.38. The van der Waals surface area contributed by atoms with Gasteiger partial charge in [-0.1, -0.05) is 12.1 Å². The Bertz CT molecular complexity index is 1070. The van der Waals surface area contributed by atoms with Gasteiger partial charge in [0, 0.05) is 35.7 Å². The van der Waals surface area contributed by atoms with Gasteiger partial charge in [0.1, 0.15) is 0 Å². The number of amides is 1. The maximum absolute atomic E-state index is 13.3. The summed E-state index contributed by atoms with van der Waals surface area (Å²) in [5, 5.41) is 0. The lowest BCUT2D eigenvalue weighted by molar-refractivity contribution is -0.119. The third kappa shape index (κ3) is 2.92. The van der Waals surface area contributed by atoms with Crippen LogP contribution in [0.4, 0.5) is 5.69 Å². The van der Waals surface area contributed by atoms with Crippen molar-refractivity contribution in [1.82, 2.24) is 0 Å². The summed E-state index contributed by atoms with van der Waals surface area (Å²) >= 11 is 0. The third-order valence-corrected chi connectivity index (χ3v) is 6.22. The first-order valence-electron chi connectivity index (χ1n) is 10.1. The van der Waals surface area contributed by atoms with Crippen molar-refractivity contribution >= 4 is 17.4 Å². The molecule has 0 saturated heterocycles. The minimum absolute atomic E-state index is 0.0318. The zero-order valence-electron chi connectivity index (χ0n) is 16.7. The number of ether oxygens (including phenoxy) is 2. The topological polar surface area (TPSA) is 55.8 Å². The van der Waals surface area contributed by atoms with E-state index in [4.69, 9.17) is 9.47 Å². The molecule has 5 rings (SSSR count). The molecule has 1 unspecified atom stereocenters. The highest BCUT2D eigenvalue weighted by molar-refractivity contribution is 6.07. The highest BCUT2D eigenvalue weighted by Gasteiger charge is 2.40. The average molecular weight is 389 g/mol. The molecule has 5 nitrogen and oxygen atoms in total. The fourth-order valence-electron chi connectivity index (χ4n) is 4.57. The molecule has 2 aliphatic heterocycles. The first-order chi connectivity index (χ1) is 14.0. The Morgan fingerprint density at radius 3 is 2.59 bits per heavy atom. The van der Waals surface area contributed by atoms with Crippen molar-refractivity contribution in [1.29, 1.82) is 0 Å². The Hall–Kier alpha value is -3.08. The Morgan fingerprint density at radius 1 is 0.931 bits per heavy atom. The van der Waals surface area contributed by atoms with Crippen LogP contribution in [0.5, 0.6) is 11.5 Å². The van der Waals surface area contributed by atoms with Gasteiger partial charge in [0.25, 0.3) is 0 Å². The van der Waals surface area contributed by atoms with E-state index in [1.54, 1.807) is 4.90 Å². The minimum atomic E-state index is -0.234. The van der Waals surface area contributed by atoms with E-state index in [-0.39, 0.29) is 30.8 Å². The Balaban J connectivity index is 1.63. The lowest BCUT2D eigenvalue weighted by Crippen LogP contribution is -2.40. The van der Waals surface area contributed by atoms with Crippen molar-refractivity contribution in [3.8, 4) is 11.5 Å². The van der Waals surface area contributed by atoms with E-state index in [1.807, 2.05) is 43.3 Å². The van der Waals surface area contributed by atoms with E-state index in [0.717, 1.165) is 40.9 Å². The molecule has 3 aliphatic rings. The number of nitrogens with zero attached hydrogens (tertiary/aromatic N) is 1. The summed E-state index contributed by atoms with van der Waals surface area (Å²) in [7, 11) is 0. The van der Waals surface area contributed by atoms with E-state index >= 15 is 0 Å². The van der Waals surface area contributed by atoms with Crippen molar-refractivity contribution in [2.24, 2.45) is 0 Å². The van der Waals surface area contributed by atoms with Crippen molar-refractivity contribution in [2.75, 3.05) is 11.7 Å². The molecule has 1 amide bonds. The van der Waals surface area contributed by atoms with Gasteiger partial charge in [-0.25, -0.2) is 0 Å². The molecule has 2 heterocycles. The van der Waals surface area contributed by atoms with Crippen LogP contribution in [0, 0.1) is 13.8 Å². The molecule has 1 aliphatic carbocycles. The number of hydrogen-bond donors (Lipinski definition) is 0. The highest BCUT2D eigenvalue weighted by atomic mass is 16.7. The number of carbonyl (C=O) groups is 2. The number of fused-ring (bicyclic) bond motifs is 1. The van der Waals surface area contributed by atoms with Crippen molar-refractivity contribution < 1.29 is 19.1 Å². The molecular weight excluding hydrogens is 366 g/mol. The summed E-state index contributed by atoms with van der Waals surface area (Å²) in [6.07, 6.45) is 2.33. The summed E-state index contributed by atoms with van der Waals surface area (Å²) in [6, 6.07) is 11.8. The molecule has 5 heteroatoms. The molecule has 0 aromatic heterocycles. The Morgan fingerprint density at radius 2 is 1.76 bits per heavy atom. The second-order valence-corrected chi connectivity index (χ2v) is 8.00. The van der Waals surface area contributed by atoms with Crippen LogP contribution in [0.1, 0.15) is 48.3 Å². The van der Waals surface area contributed by atoms with Crippen LogP contribution in [-0.2, 0) is 9.59 Å². The number of benzene rings is 2. The van der Waals surface area contributed by atoms with Crippen LogP contribution in [0.15, 0.2) is 47.7 Å². The second-order valence-electron chi connectivity index (χ2n) is 8.00. The molecule has 0 saturated carbocycles. The van der Waals surface area contributed by atoms with Gasteiger partial charge in [0.15, 0.2) is 17.3 Å². The number of hydrogen-bond acceptors (Lipinski definition) is 4. The summed E-state index contributed by atoms with van der Waals surface area (Å²) in [4.78, 5) is 28.1. The van der Waals surface area contributed by atoms with E-state index < -0.39 is 0 Å². The molecule has 1 atom stereocenters.